The van der Waals surface area contributed by atoms with Gasteiger partial charge in [-0.1, -0.05) is 28.1 Å². The van der Waals surface area contributed by atoms with Crippen LogP contribution in [0, 0.1) is 0 Å². The third-order valence-corrected chi connectivity index (χ3v) is 4.85. The van der Waals surface area contributed by atoms with Crippen molar-refractivity contribution in [1.29, 1.82) is 0 Å². The Morgan fingerprint density at radius 1 is 1.17 bits per heavy atom. The van der Waals surface area contributed by atoms with E-state index in [-0.39, 0.29) is 25.1 Å². The number of aromatic nitrogens is 2. The maximum atomic E-state index is 12.5. The molecule has 0 bridgehead atoms. The molecule has 1 amide bonds. The van der Waals surface area contributed by atoms with E-state index >= 15 is 0 Å². The van der Waals surface area contributed by atoms with E-state index in [9.17, 15) is 14.4 Å². The highest BCUT2D eigenvalue weighted by atomic mass is 79.9. The molecule has 0 atom stereocenters. The SMILES string of the molecule is COc1ccc(CNC(=O)COC(=O)CCn2cnc3ccc(Br)cc3c2=O)cc1. The molecular formula is C21H20BrN3O5. The average Bonchev–Trinajstić information content (AvgIpc) is 2.76. The molecule has 0 saturated heterocycles. The van der Waals surface area contributed by atoms with E-state index in [0.29, 0.717) is 17.4 Å². The van der Waals surface area contributed by atoms with Crippen molar-refractivity contribution in [2.45, 2.75) is 19.5 Å². The number of ether oxygens (including phenoxy) is 2. The first-order valence-corrected chi connectivity index (χ1v) is 9.95. The van der Waals surface area contributed by atoms with Gasteiger partial charge < -0.3 is 14.8 Å². The summed E-state index contributed by atoms with van der Waals surface area (Å²) < 4.78 is 12.2. The highest BCUT2D eigenvalue weighted by Gasteiger charge is 2.10. The summed E-state index contributed by atoms with van der Waals surface area (Å²) in [6, 6.07) is 12.5. The lowest BCUT2D eigenvalue weighted by Crippen LogP contribution is -2.29. The molecule has 3 aromatic rings. The lowest BCUT2D eigenvalue weighted by atomic mass is 10.2. The van der Waals surface area contributed by atoms with E-state index in [1.54, 1.807) is 37.4 Å². The molecular weight excluding hydrogens is 454 g/mol. The van der Waals surface area contributed by atoms with Crippen LogP contribution in [0.3, 0.4) is 0 Å². The largest absolute Gasteiger partial charge is 0.497 e. The van der Waals surface area contributed by atoms with Gasteiger partial charge >= 0.3 is 5.97 Å². The lowest BCUT2D eigenvalue weighted by Gasteiger charge is -2.09. The van der Waals surface area contributed by atoms with Crippen molar-refractivity contribution in [1.82, 2.24) is 14.9 Å². The van der Waals surface area contributed by atoms with Crippen molar-refractivity contribution in [2.24, 2.45) is 0 Å². The predicted molar refractivity (Wildman–Crippen MR) is 114 cm³/mol. The molecule has 2 aromatic carbocycles. The first-order chi connectivity index (χ1) is 14.5. The number of nitrogens with one attached hydrogen (secondary N) is 1. The zero-order valence-corrected chi connectivity index (χ0v) is 17.8. The maximum Gasteiger partial charge on any atom is 0.308 e. The highest BCUT2D eigenvalue weighted by Crippen LogP contribution is 2.15. The van der Waals surface area contributed by atoms with Crippen LogP contribution in [0.5, 0.6) is 5.75 Å². The number of amides is 1. The first kappa shape index (κ1) is 21.5. The molecule has 0 fully saturated rings. The van der Waals surface area contributed by atoms with Crippen molar-refractivity contribution in [3.05, 3.63) is 69.2 Å². The summed E-state index contributed by atoms with van der Waals surface area (Å²) >= 11 is 3.33. The number of carbonyl (C=O) groups is 2. The van der Waals surface area contributed by atoms with Crippen molar-refractivity contribution in [3.63, 3.8) is 0 Å². The Labute approximate surface area is 181 Å². The summed E-state index contributed by atoms with van der Waals surface area (Å²) in [5.74, 6) is -0.253. The third-order valence-electron chi connectivity index (χ3n) is 4.36. The number of benzene rings is 2. The highest BCUT2D eigenvalue weighted by molar-refractivity contribution is 9.10. The summed E-state index contributed by atoms with van der Waals surface area (Å²) in [4.78, 5) is 40.5. The molecule has 0 aliphatic rings. The Bertz CT molecular complexity index is 1110. The van der Waals surface area contributed by atoms with Crippen LogP contribution in [0.25, 0.3) is 10.9 Å². The van der Waals surface area contributed by atoms with Gasteiger partial charge in [0.25, 0.3) is 11.5 Å². The summed E-state index contributed by atoms with van der Waals surface area (Å²) in [5.41, 5.74) is 1.23. The summed E-state index contributed by atoms with van der Waals surface area (Å²) in [6.07, 6.45) is 1.35. The Kier molecular flexibility index (Phi) is 7.18. The van der Waals surface area contributed by atoms with E-state index < -0.39 is 11.9 Å². The van der Waals surface area contributed by atoms with Gasteiger partial charge in [-0.2, -0.15) is 0 Å². The fourth-order valence-corrected chi connectivity index (χ4v) is 3.08. The number of esters is 1. The molecule has 9 heteroatoms. The molecule has 30 heavy (non-hydrogen) atoms. The number of aryl methyl sites for hydroxylation is 1. The number of hydrogen-bond acceptors (Lipinski definition) is 6. The first-order valence-electron chi connectivity index (χ1n) is 9.16. The van der Waals surface area contributed by atoms with Gasteiger partial charge in [0, 0.05) is 17.6 Å². The minimum atomic E-state index is -0.573. The van der Waals surface area contributed by atoms with E-state index in [1.807, 2.05) is 12.1 Å². The van der Waals surface area contributed by atoms with Crippen LogP contribution in [0.1, 0.15) is 12.0 Å². The fourth-order valence-electron chi connectivity index (χ4n) is 2.72. The molecule has 0 spiro atoms. The number of fused-ring (bicyclic) bond motifs is 1. The predicted octanol–water partition coefficient (Wildman–Crippen LogP) is 2.42. The molecule has 3 rings (SSSR count). The normalized spacial score (nSPS) is 10.6. The Hall–Kier alpha value is -3.20. The van der Waals surface area contributed by atoms with Crippen LogP contribution in [0.2, 0.25) is 0 Å². The smallest absolute Gasteiger partial charge is 0.308 e. The number of halogens is 1. The molecule has 1 N–H and O–H groups in total. The quantitative estimate of drug-likeness (QED) is 0.504. The van der Waals surface area contributed by atoms with Gasteiger partial charge in [-0.05, 0) is 35.9 Å². The van der Waals surface area contributed by atoms with Crippen molar-refractivity contribution in [3.8, 4) is 5.75 Å². The van der Waals surface area contributed by atoms with Crippen molar-refractivity contribution >= 4 is 38.7 Å². The van der Waals surface area contributed by atoms with Crippen molar-refractivity contribution in [2.75, 3.05) is 13.7 Å². The zero-order chi connectivity index (χ0) is 21.5. The van der Waals surface area contributed by atoms with Crippen LogP contribution in [0.4, 0.5) is 0 Å². The van der Waals surface area contributed by atoms with Gasteiger partial charge in [-0.15, -0.1) is 0 Å². The molecule has 0 unspecified atom stereocenters. The fraction of sp³-hybridized carbons (Fsp3) is 0.238. The number of carbonyl (C=O) groups excluding carboxylic acids is 2. The van der Waals surface area contributed by atoms with E-state index in [0.717, 1.165) is 15.8 Å². The van der Waals surface area contributed by atoms with Gasteiger partial charge in [-0.25, -0.2) is 4.98 Å². The number of methoxy groups -OCH3 is 1. The minimum absolute atomic E-state index is 0.0488. The summed E-state index contributed by atoms with van der Waals surface area (Å²) in [7, 11) is 1.58. The van der Waals surface area contributed by atoms with Crippen molar-refractivity contribution < 1.29 is 19.1 Å². The standard InChI is InChI=1S/C21H20BrN3O5/c1-29-16-5-2-14(3-6-16)11-23-19(26)12-30-20(27)8-9-25-13-24-18-7-4-15(22)10-17(18)21(25)28/h2-7,10,13H,8-9,11-12H2,1H3,(H,23,26). The second-order valence-electron chi connectivity index (χ2n) is 6.44. The molecule has 0 saturated carbocycles. The maximum absolute atomic E-state index is 12.5. The topological polar surface area (TPSA) is 99.5 Å². The molecule has 0 aliphatic carbocycles. The molecule has 0 aliphatic heterocycles. The second kappa shape index (κ2) is 10.0. The van der Waals surface area contributed by atoms with Crippen LogP contribution in [-0.4, -0.2) is 35.1 Å². The van der Waals surface area contributed by atoms with Crippen LogP contribution in [0.15, 0.2) is 58.1 Å². The number of hydrogen-bond donors (Lipinski definition) is 1. The van der Waals surface area contributed by atoms with E-state index in [4.69, 9.17) is 9.47 Å². The Morgan fingerprint density at radius 3 is 2.67 bits per heavy atom. The molecule has 156 valence electrons. The van der Waals surface area contributed by atoms with Gasteiger partial charge in [-0.3, -0.25) is 19.0 Å². The molecule has 8 nitrogen and oxygen atoms in total. The van der Waals surface area contributed by atoms with Gasteiger partial charge in [0.2, 0.25) is 0 Å². The van der Waals surface area contributed by atoms with Crippen LogP contribution < -0.4 is 15.6 Å². The van der Waals surface area contributed by atoms with E-state index in [2.05, 4.69) is 26.2 Å². The summed E-state index contributed by atoms with van der Waals surface area (Å²) in [5, 5.41) is 3.13. The number of rotatable bonds is 8. The Morgan fingerprint density at radius 2 is 1.93 bits per heavy atom. The Balaban J connectivity index is 1.45. The molecule has 0 radical (unpaired) electrons. The summed E-state index contributed by atoms with van der Waals surface area (Å²) in [6.45, 7) is 0.0431. The second-order valence-corrected chi connectivity index (χ2v) is 7.36. The van der Waals surface area contributed by atoms with Gasteiger partial charge in [0.1, 0.15) is 5.75 Å². The van der Waals surface area contributed by atoms with Gasteiger partial charge in [0.05, 0.1) is 30.8 Å². The average molecular weight is 474 g/mol. The molecule has 1 heterocycles. The zero-order valence-electron chi connectivity index (χ0n) is 16.3. The monoisotopic (exact) mass is 473 g/mol. The number of nitrogens with zero attached hydrogens (tertiary/aromatic N) is 2. The lowest BCUT2D eigenvalue weighted by molar-refractivity contribution is -0.148. The van der Waals surface area contributed by atoms with Gasteiger partial charge in [0.15, 0.2) is 6.61 Å². The van der Waals surface area contributed by atoms with E-state index in [1.165, 1.54) is 10.9 Å². The molecule has 1 aromatic heterocycles. The van der Waals surface area contributed by atoms with Crippen LogP contribution >= 0.6 is 15.9 Å². The third kappa shape index (κ3) is 5.66. The van der Waals surface area contributed by atoms with Crippen LogP contribution in [-0.2, 0) is 27.4 Å². The minimum Gasteiger partial charge on any atom is -0.497 e.